The predicted molar refractivity (Wildman–Crippen MR) is 179 cm³/mol. The number of rotatable bonds is 4. The molecule has 0 heterocycles. The molecule has 0 saturated heterocycles. The van der Waals surface area contributed by atoms with E-state index in [1.54, 1.807) is 17.7 Å². The topological polar surface area (TPSA) is 0 Å². The van der Waals surface area contributed by atoms with Crippen LogP contribution in [0.15, 0.2) is 103 Å². The third-order valence-corrected chi connectivity index (χ3v) is 21.0. The van der Waals surface area contributed by atoms with Crippen molar-refractivity contribution in [1.29, 1.82) is 0 Å². The standard InChI is InChI=1S/C21H25.C15H14.C5H5.Hf/c1-20(2,3)16-7-9-18-14(12-16)11-15-13-17(21(4,5)6)8-10-19(15)18;1-12-7-6-10-15(13(12)2)11-14-8-4-3-5-9-14;1-2-4-5-3-1;/h7-10,12H,11H2,1-6H3;3-10H,1-2H3;1-5H;. The summed E-state index contributed by atoms with van der Waals surface area (Å²) in [5, 5.41) is 0. The Kier molecular flexibility index (Phi) is 7.63. The molecule has 0 radical (unpaired) electrons. The van der Waals surface area contributed by atoms with E-state index in [0.717, 1.165) is 6.42 Å². The van der Waals surface area contributed by atoms with Crippen molar-refractivity contribution in [3.8, 4) is 11.1 Å². The van der Waals surface area contributed by atoms with E-state index in [1.165, 1.54) is 44.5 Å². The van der Waals surface area contributed by atoms with Crippen LogP contribution >= 0.6 is 0 Å². The van der Waals surface area contributed by atoms with E-state index in [4.69, 9.17) is 0 Å². The fourth-order valence-electron chi connectivity index (χ4n) is 6.84. The summed E-state index contributed by atoms with van der Waals surface area (Å²) < 4.78 is 3.87. The van der Waals surface area contributed by atoms with Crippen LogP contribution in [-0.2, 0) is 38.2 Å². The first kappa shape index (κ1) is 29.2. The molecule has 212 valence electrons. The van der Waals surface area contributed by atoms with Gasteiger partial charge in [0.05, 0.1) is 0 Å². The number of hydrogen-bond donors (Lipinski definition) is 0. The van der Waals surface area contributed by atoms with Gasteiger partial charge >= 0.3 is 263 Å². The fourth-order valence-corrected chi connectivity index (χ4v) is 20.7. The average molecular weight is 715 g/mol. The maximum atomic E-state index is 2.52. The van der Waals surface area contributed by atoms with Crippen LogP contribution in [0.3, 0.4) is 0 Å². The SMILES string of the molecule is Cc1cccc([C](c2ccccc2)=[Hf]([c]2c(C(C)(C)C)ccc3c2Cc2cc(C(C)(C)C)ccc2-3)[CH]2C=CC=C2)c1C. The van der Waals surface area contributed by atoms with Crippen LogP contribution in [0, 0.1) is 13.8 Å². The summed E-state index contributed by atoms with van der Waals surface area (Å²) in [4.78, 5) is 0. The summed E-state index contributed by atoms with van der Waals surface area (Å²) in [5.41, 5.74) is 14.9. The quantitative estimate of drug-likeness (QED) is 0.163. The number of benzene rings is 4. The van der Waals surface area contributed by atoms with E-state index < -0.39 is 21.0 Å². The first-order valence-electron chi connectivity index (χ1n) is 15.5. The zero-order chi connectivity index (χ0) is 29.8. The Morgan fingerprint density at radius 2 is 1.40 bits per heavy atom. The van der Waals surface area contributed by atoms with Gasteiger partial charge < -0.3 is 0 Å². The van der Waals surface area contributed by atoms with Crippen molar-refractivity contribution in [1.82, 2.24) is 0 Å². The van der Waals surface area contributed by atoms with Gasteiger partial charge in [-0.2, -0.15) is 0 Å². The molecular weight excluding hydrogens is 671 g/mol. The Labute approximate surface area is 261 Å². The van der Waals surface area contributed by atoms with Gasteiger partial charge in [-0.3, -0.25) is 0 Å². The summed E-state index contributed by atoms with van der Waals surface area (Å²) >= 11 is -2.98. The van der Waals surface area contributed by atoms with Crippen molar-refractivity contribution in [2.24, 2.45) is 0 Å². The number of fused-ring (bicyclic) bond motifs is 3. The van der Waals surface area contributed by atoms with Crippen LogP contribution in [0.1, 0.15) is 86.1 Å². The van der Waals surface area contributed by atoms with Crippen molar-refractivity contribution in [3.05, 3.63) is 148 Å². The Morgan fingerprint density at radius 1 is 0.714 bits per heavy atom. The van der Waals surface area contributed by atoms with Crippen LogP contribution in [0.4, 0.5) is 0 Å². The van der Waals surface area contributed by atoms with Crippen LogP contribution in [0.25, 0.3) is 11.1 Å². The van der Waals surface area contributed by atoms with Crippen molar-refractivity contribution in [3.63, 3.8) is 0 Å². The second-order valence-corrected chi connectivity index (χ2v) is 23.2. The molecule has 0 unspecified atom stereocenters. The zero-order valence-corrected chi connectivity index (χ0v) is 30.2. The molecule has 0 aliphatic heterocycles. The van der Waals surface area contributed by atoms with Gasteiger partial charge in [-0.1, -0.05) is 0 Å². The first-order chi connectivity index (χ1) is 19.9. The van der Waals surface area contributed by atoms with E-state index in [-0.39, 0.29) is 10.8 Å². The normalized spacial score (nSPS) is 15.1. The molecular formula is C41H44Hf. The molecule has 4 aromatic carbocycles. The Balaban J connectivity index is 1.75. The summed E-state index contributed by atoms with van der Waals surface area (Å²) in [6.45, 7) is 18.8. The van der Waals surface area contributed by atoms with Gasteiger partial charge in [0.25, 0.3) is 0 Å². The maximum absolute atomic E-state index is 2.98. The molecule has 0 bridgehead atoms. The Bertz CT molecular complexity index is 1750. The molecule has 0 fully saturated rings. The summed E-state index contributed by atoms with van der Waals surface area (Å²) in [6.07, 6.45) is 10.7. The van der Waals surface area contributed by atoms with Crippen molar-refractivity contribution in [2.75, 3.05) is 0 Å². The number of aryl methyl sites for hydroxylation is 1. The molecule has 0 saturated carbocycles. The van der Waals surface area contributed by atoms with Crippen LogP contribution in [0.5, 0.6) is 0 Å². The van der Waals surface area contributed by atoms with Gasteiger partial charge in [-0.25, -0.2) is 0 Å². The molecule has 1 heteroatoms. The predicted octanol–water partition coefficient (Wildman–Crippen LogP) is 9.90. The molecule has 0 amide bonds. The molecule has 6 rings (SSSR count). The summed E-state index contributed by atoms with van der Waals surface area (Å²) in [6, 6.07) is 30.5. The molecule has 0 nitrogen and oxygen atoms in total. The number of hydrogen-bond acceptors (Lipinski definition) is 0. The molecule has 0 aromatic heterocycles. The minimum absolute atomic E-state index is 0.0567. The molecule has 0 N–H and O–H groups in total. The van der Waals surface area contributed by atoms with E-state index >= 15 is 0 Å². The van der Waals surface area contributed by atoms with Crippen LogP contribution in [-0.4, -0.2) is 3.26 Å². The van der Waals surface area contributed by atoms with Gasteiger partial charge in [-0.05, 0) is 0 Å². The summed E-state index contributed by atoms with van der Waals surface area (Å²) in [7, 11) is 0. The second kappa shape index (κ2) is 11.0. The van der Waals surface area contributed by atoms with Crippen LogP contribution < -0.4 is 3.32 Å². The van der Waals surface area contributed by atoms with Gasteiger partial charge in [0.1, 0.15) is 0 Å². The molecule has 4 aromatic rings. The summed E-state index contributed by atoms with van der Waals surface area (Å²) in [5.74, 6) is 0. The van der Waals surface area contributed by atoms with E-state index in [9.17, 15) is 0 Å². The molecule has 2 aliphatic rings. The Morgan fingerprint density at radius 3 is 2.07 bits per heavy atom. The zero-order valence-electron chi connectivity index (χ0n) is 26.6. The second-order valence-electron chi connectivity index (χ2n) is 14.3. The molecule has 2 aliphatic carbocycles. The molecule has 42 heavy (non-hydrogen) atoms. The third kappa shape index (κ3) is 5.24. The molecule has 0 spiro atoms. The average Bonchev–Trinajstić information content (AvgIpc) is 3.60. The number of allylic oxidation sites excluding steroid dienone is 4. The van der Waals surface area contributed by atoms with Crippen LogP contribution in [0.2, 0.25) is 3.67 Å². The first-order valence-corrected chi connectivity index (χ1v) is 21.1. The van der Waals surface area contributed by atoms with Crippen molar-refractivity contribution in [2.45, 2.75) is 76.3 Å². The van der Waals surface area contributed by atoms with Gasteiger partial charge in [-0.15, -0.1) is 0 Å². The third-order valence-electron chi connectivity index (χ3n) is 9.31. The van der Waals surface area contributed by atoms with Crippen molar-refractivity contribution >= 4 is 6.58 Å². The Hall–Kier alpha value is -2.90. The van der Waals surface area contributed by atoms with Gasteiger partial charge in [0.15, 0.2) is 0 Å². The molecule has 0 atom stereocenters. The van der Waals surface area contributed by atoms with Gasteiger partial charge in [0, 0.05) is 0 Å². The van der Waals surface area contributed by atoms with Crippen molar-refractivity contribution < 1.29 is 21.0 Å². The van der Waals surface area contributed by atoms with E-state index in [0.29, 0.717) is 3.67 Å². The van der Waals surface area contributed by atoms with E-state index in [1.807, 2.05) is 0 Å². The monoisotopic (exact) mass is 716 g/mol. The van der Waals surface area contributed by atoms with Gasteiger partial charge in [0.2, 0.25) is 0 Å². The minimum atomic E-state index is -2.98. The van der Waals surface area contributed by atoms with E-state index in [2.05, 4.69) is 159 Å². The fraction of sp³-hybridized carbons (Fsp3) is 0.293.